The van der Waals surface area contributed by atoms with Gasteiger partial charge in [0, 0.05) is 12.2 Å². The maximum absolute atomic E-state index is 11.1. The van der Waals surface area contributed by atoms with Gasteiger partial charge in [-0.3, -0.25) is 0 Å². The monoisotopic (exact) mass is 274 g/mol. The van der Waals surface area contributed by atoms with Crippen molar-refractivity contribution in [2.75, 3.05) is 13.7 Å². The van der Waals surface area contributed by atoms with E-state index in [-0.39, 0.29) is 5.97 Å². The molecule has 3 nitrogen and oxygen atoms in total. The molecule has 3 heteroatoms. The van der Waals surface area contributed by atoms with E-state index in [1.165, 1.54) is 12.7 Å². The van der Waals surface area contributed by atoms with Crippen LogP contribution in [0, 0.1) is 0 Å². The second kappa shape index (κ2) is 9.98. The summed E-state index contributed by atoms with van der Waals surface area (Å²) in [6.45, 7) is 3.13. The van der Waals surface area contributed by atoms with E-state index >= 15 is 0 Å². The molecule has 0 aliphatic carbocycles. The predicted molar refractivity (Wildman–Crippen MR) is 80.2 cm³/mol. The third kappa shape index (κ3) is 6.90. The molecule has 0 aromatic heterocycles. The first-order chi connectivity index (χ1) is 9.74. The minimum Gasteiger partial charge on any atom is -0.466 e. The molecule has 0 saturated carbocycles. The van der Waals surface area contributed by atoms with Crippen LogP contribution in [0.15, 0.2) is 54.1 Å². The van der Waals surface area contributed by atoms with Crippen LogP contribution in [0.3, 0.4) is 0 Å². The highest BCUT2D eigenvalue weighted by atomic mass is 16.5. The lowest BCUT2D eigenvalue weighted by Crippen LogP contribution is -2.00. The maximum atomic E-state index is 11.1. The second-order valence-electron chi connectivity index (χ2n) is 4.45. The highest BCUT2D eigenvalue weighted by molar-refractivity contribution is 5.87. The molecule has 20 heavy (non-hydrogen) atoms. The topological polar surface area (TPSA) is 35.5 Å². The predicted octanol–water partition coefficient (Wildman–Crippen LogP) is 3.66. The standard InChI is InChI=1S/C17H22O3/c1-15(17(18)19-2)10-6-3-4-9-13-20-14-16-11-7-5-8-12-16/h3,5-8,10-12H,4,9,13-14H2,1-2H3/b6-3+,15-10+. The Morgan fingerprint density at radius 3 is 2.70 bits per heavy atom. The van der Waals surface area contributed by atoms with Crippen LogP contribution in [0.1, 0.15) is 25.3 Å². The lowest BCUT2D eigenvalue weighted by molar-refractivity contribution is -0.136. The smallest absolute Gasteiger partial charge is 0.333 e. The van der Waals surface area contributed by atoms with E-state index in [9.17, 15) is 4.79 Å². The molecular weight excluding hydrogens is 252 g/mol. The van der Waals surface area contributed by atoms with Crippen molar-refractivity contribution in [3.05, 3.63) is 59.7 Å². The molecule has 0 unspecified atom stereocenters. The first-order valence-corrected chi connectivity index (χ1v) is 6.77. The van der Waals surface area contributed by atoms with Gasteiger partial charge in [-0.05, 0) is 25.3 Å². The molecule has 0 aliphatic heterocycles. The number of hydrogen-bond acceptors (Lipinski definition) is 3. The minimum atomic E-state index is -0.291. The highest BCUT2D eigenvalue weighted by Crippen LogP contribution is 2.02. The molecular formula is C17H22O3. The van der Waals surface area contributed by atoms with Crippen LogP contribution >= 0.6 is 0 Å². The van der Waals surface area contributed by atoms with Gasteiger partial charge in [0.15, 0.2) is 0 Å². The Morgan fingerprint density at radius 2 is 2.00 bits per heavy atom. The fourth-order valence-corrected chi connectivity index (χ4v) is 1.61. The minimum absolute atomic E-state index is 0.291. The van der Waals surface area contributed by atoms with Crippen LogP contribution < -0.4 is 0 Å². The quantitative estimate of drug-likeness (QED) is 0.314. The zero-order valence-electron chi connectivity index (χ0n) is 12.2. The van der Waals surface area contributed by atoms with Crippen molar-refractivity contribution in [3.63, 3.8) is 0 Å². The molecule has 0 heterocycles. The van der Waals surface area contributed by atoms with Gasteiger partial charge < -0.3 is 9.47 Å². The van der Waals surface area contributed by atoms with Crippen LogP contribution in [0.25, 0.3) is 0 Å². The number of esters is 1. The fraction of sp³-hybridized carbons (Fsp3) is 0.353. The summed E-state index contributed by atoms with van der Waals surface area (Å²) in [7, 11) is 1.38. The Bertz CT molecular complexity index is 447. The Labute approximate surface area is 120 Å². The molecule has 0 atom stereocenters. The molecule has 1 aromatic carbocycles. The number of allylic oxidation sites excluding steroid dienone is 3. The first kappa shape index (κ1) is 16.2. The average Bonchev–Trinajstić information content (AvgIpc) is 2.49. The Morgan fingerprint density at radius 1 is 1.25 bits per heavy atom. The number of hydrogen-bond donors (Lipinski definition) is 0. The van der Waals surface area contributed by atoms with Gasteiger partial charge in [-0.1, -0.05) is 48.6 Å². The summed E-state index contributed by atoms with van der Waals surface area (Å²) in [5, 5.41) is 0. The van der Waals surface area contributed by atoms with Gasteiger partial charge in [0.25, 0.3) is 0 Å². The van der Waals surface area contributed by atoms with Gasteiger partial charge in [0.05, 0.1) is 13.7 Å². The van der Waals surface area contributed by atoms with E-state index in [2.05, 4.69) is 16.9 Å². The maximum Gasteiger partial charge on any atom is 0.333 e. The van der Waals surface area contributed by atoms with E-state index in [4.69, 9.17) is 4.74 Å². The molecule has 0 spiro atoms. The van der Waals surface area contributed by atoms with E-state index in [0.29, 0.717) is 12.2 Å². The largest absolute Gasteiger partial charge is 0.466 e. The molecule has 0 bridgehead atoms. The van der Waals surface area contributed by atoms with Crippen LogP contribution in [-0.4, -0.2) is 19.7 Å². The van der Waals surface area contributed by atoms with Crippen molar-refractivity contribution in [3.8, 4) is 0 Å². The average molecular weight is 274 g/mol. The van der Waals surface area contributed by atoms with Crippen molar-refractivity contribution in [2.45, 2.75) is 26.4 Å². The van der Waals surface area contributed by atoms with Gasteiger partial charge in [-0.2, -0.15) is 0 Å². The van der Waals surface area contributed by atoms with Crippen LogP contribution in [0.5, 0.6) is 0 Å². The molecule has 108 valence electrons. The summed E-state index contributed by atoms with van der Waals surface area (Å²) in [6, 6.07) is 10.1. The molecule has 1 rings (SSSR count). The zero-order valence-corrected chi connectivity index (χ0v) is 12.2. The Hall–Kier alpha value is -1.87. The lowest BCUT2D eigenvalue weighted by atomic mass is 10.2. The van der Waals surface area contributed by atoms with Crippen molar-refractivity contribution in [2.24, 2.45) is 0 Å². The lowest BCUT2D eigenvalue weighted by Gasteiger charge is -2.02. The second-order valence-corrected chi connectivity index (χ2v) is 4.45. The van der Waals surface area contributed by atoms with Gasteiger partial charge in [-0.15, -0.1) is 0 Å². The Kier molecular flexibility index (Phi) is 8.08. The SMILES string of the molecule is COC(=O)/C(C)=C/C=C/CCCOCc1ccccc1. The third-order valence-electron chi connectivity index (χ3n) is 2.76. The van der Waals surface area contributed by atoms with Crippen molar-refractivity contribution in [1.82, 2.24) is 0 Å². The van der Waals surface area contributed by atoms with Crippen molar-refractivity contribution >= 4 is 5.97 Å². The summed E-state index contributed by atoms with van der Waals surface area (Å²) < 4.78 is 10.2. The van der Waals surface area contributed by atoms with E-state index in [1.807, 2.05) is 30.4 Å². The number of benzene rings is 1. The molecule has 0 N–H and O–H groups in total. The van der Waals surface area contributed by atoms with E-state index < -0.39 is 0 Å². The summed E-state index contributed by atoms with van der Waals surface area (Å²) in [5.74, 6) is -0.291. The molecule has 0 fully saturated rings. The number of unbranched alkanes of at least 4 members (excludes halogenated alkanes) is 1. The summed E-state index contributed by atoms with van der Waals surface area (Å²) in [5.41, 5.74) is 1.80. The van der Waals surface area contributed by atoms with E-state index in [0.717, 1.165) is 19.4 Å². The normalized spacial score (nSPS) is 11.8. The van der Waals surface area contributed by atoms with Gasteiger partial charge in [-0.25, -0.2) is 4.79 Å². The molecule has 0 saturated heterocycles. The third-order valence-corrected chi connectivity index (χ3v) is 2.76. The first-order valence-electron chi connectivity index (χ1n) is 6.77. The van der Waals surface area contributed by atoms with Crippen LogP contribution in [-0.2, 0) is 20.9 Å². The van der Waals surface area contributed by atoms with Crippen LogP contribution in [0.2, 0.25) is 0 Å². The number of carbonyl (C=O) groups excluding carboxylic acids is 1. The number of carbonyl (C=O) groups is 1. The van der Waals surface area contributed by atoms with E-state index in [1.54, 1.807) is 13.0 Å². The number of rotatable bonds is 8. The zero-order chi connectivity index (χ0) is 14.6. The molecule has 0 aliphatic rings. The molecule has 0 amide bonds. The van der Waals surface area contributed by atoms with Gasteiger partial charge in [0.2, 0.25) is 0 Å². The summed E-state index contributed by atoms with van der Waals surface area (Å²) in [4.78, 5) is 11.1. The van der Waals surface area contributed by atoms with Crippen molar-refractivity contribution < 1.29 is 14.3 Å². The summed E-state index contributed by atoms with van der Waals surface area (Å²) in [6.07, 6.45) is 7.56. The number of ether oxygens (including phenoxy) is 2. The van der Waals surface area contributed by atoms with Gasteiger partial charge in [0.1, 0.15) is 0 Å². The number of methoxy groups -OCH3 is 1. The van der Waals surface area contributed by atoms with Crippen molar-refractivity contribution in [1.29, 1.82) is 0 Å². The molecule has 0 radical (unpaired) electrons. The van der Waals surface area contributed by atoms with Gasteiger partial charge >= 0.3 is 5.97 Å². The summed E-state index contributed by atoms with van der Waals surface area (Å²) >= 11 is 0. The molecule has 1 aromatic rings. The Balaban J connectivity index is 2.09. The fourth-order valence-electron chi connectivity index (χ4n) is 1.61. The van der Waals surface area contributed by atoms with Crippen LogP contribution in [0.4, 0.5) is 0 Å². The highest BCUT2D eigenvalue weighted by Gasteiger charge is 1.99.